The molecule has 0 spiro atoms. The third-order valence-electron chi connectivity index (χ3n) is 2.28. The summed E-state index contributed by atoms with van der Waals surface area (Å²) in [7, 11) is 1.36. The molecule has 0 amide bonds. The summed E-state index contributed by atoms with van der Waals surface area (Å²) in [6, 6.07) is -0.502. The van der Waals surface area contributed by atoms with Gasteiger partial charge in [-0.15, -0.1) is 0 Å². The van der Waals surface area contributed by atoms with Crippen LogP contribution in [0.15, 0.2) is 4.99 Å². The average Bonchev–Trinajstić information content (AvgIpc) is 2.47. The van der Waals surface area contributed by atoms with E-state index in [-0.39, 0.29) is 5.97 Å². The molecule has 1 heterocycles. The summed E-state index contributed by atoms with van der Waals surface area (Å²) in [5.41, 5.74) is -0.512. The second-order valence-corrected chi connectivity index (χ2v) is 3.36. The minimum absolute atomic E-state index is 0.329. The Bertz CT molecular complexity index is 227. The maximum Gasteiger partial charge on any atom is 0.334 e. The van der Waals surface area contributed by atoms with Gasteiger partial charge < -0.3 is 9.47 Å². The van der Waals surface area contributed by atoms with Crippen LogP contribution in [0, 0.1) is 0 Å². The summed E-state index contributed by atoms with van der Waals surface area (Å²) in [5, 5.41) is 0. The smallest absolute Gasteiger partial charge is 0.334 e. The summed E-state index contributed by atoms with van der Waals surface area (Å²) in [4.78, 5) is 15.2. The van der Waals surface area contributed by atoms with Crippen molar-refractivity contribution in [3.8, 4) is 0 Å². The molecular formula is C9H15NO3. The highest BCUT2D eigenvalue weighted by Crippen LogP contribution is 2.28. The third kappa shape index (κ3) is 1.82. The Kier molecular flexibility index (Phi) is 2.90. The van der Waals surface area contributed by atoms with Crippen LogP contribution in [-0.2, 0) is 14.3 Å². The van der Waals surface area contributed by atoms with Crippen LogP contribution >= 0.6 is 0 Å². The number of esters is 1. The first kappa shape index (κ1) is 10.0. The van der Waals surface area contributed by atoms with Crippen LogP contribution in [0.5, 0.6) is 0 Å². The van der Waals surface area contributed by atoms with Crippen molar-refractivity contribution < 1.29 is 14.3 Å². The second-order valence-electron chi connectivity index (χ2n) is 3.36. The molecule has 4 heteroatoms. The molecule has 1 rings (SSSR count). The van der Waals surface area contributed by atoms with E-state index in [1.165, 1.54) is 13.5 Å². The van der Waals surface area contributed by atoms with Crippen LogP contribution in [-0.4, -0.2) is 31.1 Å². The van der Waals surface area contributed by atoms with E-state index in [2.05, 4.69) is 9.73 Å². The van der Waals surface area contributed by atoms with Crippen molar-refractivity contribution in [1.29, 1.82) is 0 Å². The SMILES string of the molecule is CCC[C@@]1(C)OC=N[C@@H]1C(=O)OC. The number of aliphatic imine (C=N–C) groups is 1. The van der Waals surface area contributed by atoms with Crippen LogP contribution in [0.3, 0.4) is 0 Å². The molecule has 0 aromatic carbocycles. The molecule has 0 aromatic heterocycles. The van der Waals surface area contributed by atoms with Crippen molar-refractivity contribution in [1.82, 2.24) is 0 Å². The highest BCUT2D eigenvalue weighted by atomic mass is 16.5. The zero-order valence-electron chi connectivity index (χ0n) is 8.24. The highest BCUT2D eigenvalue weighted by molar-refractivity contribution is 5.80. The molecule has 13 heavy (non-hydrogen) atoms. The molecule has 0 saturated heterocycles. The fourth-order valence-electron chi connectivity index (χ4n) is 1.55. The van der Waals surface area contributed by atoms with Crippen molar-refractivity contribution in [2.45, 2.75) is 38.3 Å². The number of methoxy groups -OCH3 is 1. The lowest BCUT2D eigenvalue weighted by Gasteiger charge is -2.26. The van der Waals surface area contributed by atoms with E-state index >= 15 is 0 Å². The van der Waals surface area contributed by atoms with E-state index in [0.717, 1.165) is 12.8 Å². The Morgan fingerprint density at radius 2 is 2.46 bits per heavy atom. The van der Waals surface area contributed by atoms with Crippen molar-refractivity contribution >= 4 is 12.4 Å². The van der Waals surface area contributed by atoms with E-state index in [9.17, 15) is 4.79 Å². The Morgan fingerprint density at radius 3 is 3.00 bits per heavy atom. The fraction of sp³-hybridized carbons (Fsp3) is 0.778. The molecular weight excluding hydrogens is 170 g/mol. The van der Waals surface area contributed by atoms with Gasteiger partial charge in [-0.3, -0.25) is 0 Å². The van der Waals surface area contributed by atoms with Gasteiger partial charge in [-0.2, -0.15) is 0 Å². The van der Waals surface area contributed by atoms with Crippen molar-refractivity contribution in [2.75, 3.05) is 7.11 Å². The van der Waals surface area contributed by atoms with Crippen LogP contribution < -0.4 is 0 Å². The van der Waals surface area contributed by atoms with Gasteiger partial charge in [-0.05, 0) is 13.3 Å². The molecule has 4 nitrogen and oxygen atoms in total. The first-order chi connectivity index (χ1) is 6.14. The lowest BCUT2D eigenvalue weighted by atomic mass is 9.92. The number of hydrogen-bond donors (Lipinski definition) is 0. The van der Waals surface area contributed by atoms with Gasteiger partial charge in [0.1, 0.15) is 5.60 Å². The molecule has 0 N–H and O–H groups in total. The van der Waals surface area contributed by atoms with Gasteiger partial charge in [0.25, 0.3) is 0 Å². The molecule has 2 atom stereocenters. The number of ether oxygens (including phenoxy) is 2. The van der Waals surface area contributed by atoms with Crippen molar-refractivity contribution in [3.05, 3.63) is 0 Å². The van der Waals surface area contributed by atoms with E-state index in [1.807, 2.05) is 13.8 Å². The van der Waals surface area contributed by atoms with E-state index < -0.39 is 11.6 Å². The molecule has 0 unspecified atom stereocenters. The maximum absolute atomic E-state index is 11.3. The monoisotopic (exact) mass is 185 g/mol. The minimum Gasteiger partial charge on any atom is -0.475 e. The zero-order chi connectivity index (χ0) is 9.90. The van der Waals surface area contributed by atoms with E-state index in [4.69, 9.17) is 4.74 Å². The van der Waals surface area contributed by atoms with Crippen molar-refractivity contribution in [2.24, 2.45) is 4.99 Å². The summed E-state index contributed by atoms with van der Waals surface area (Å²) in [6.07, 6.45) is 3.09. The molecule has 0 bridgehead atoms. The van der Waals surface area contributed by atoms with Crippen LogP contribution in [0.25, 0.3) is 0 Å². The number of nitrogens with zero attached hydrogens (tertiary/aromatic N) is 1. The summed E-state index contributed by atoms with van der Waals surface area (Å²) < 4.78 is 9.97. The van der Waals surface area contributed by atoms with Gasteiger partial charge >= 0.3 is 5.97 Å². The van der Waals surface area contributed by atoms with E-state index in [1.54, 1.807) is 0 Å². The van der Waals surface area contributed by atoms with E-state index in [0.29, 0.717) is 0 Å². The third-order valence-corrected chi connectivity index (χ3v) is 2.28. The van der Waals surface area contributed by atoms with Gasteiger partial charge in [0, 0.05) is 0 Å². The molecule has 1 aliphatic rings. The minimum atomic E-state index is -0.512. The highest BCUT2D eigenvalue weighted by Gasteiger charge is 2.43. The lowest BCUT2D eigenvalue weighted by Crippen LogP contribution is -2.42. The van der Waals surface area contributed by atoms with Gasteiger partial charge in [0.05, 0.1) is 7.11 Å². The molecule has 1 aliphatic heterocycles. The molecule has 74 valence electrons. The van der Waals surface area contributed by atoms with Gasteiger partial charge in [-0.25, -0.2) is 9.79 Å². The number of carbonyl (C=O) groups excluding carboxylic acids is 1. The maximum atomic E-state index is 11.3. The quantitative estimate of drug-likeness (QED) is 0.619. The lowest BCUT2D eigenvalue weighted by molar-refractivity contribution is -0.146. The number of rotatable bonds is 3. The normalized spacial score (nSPS) is 31.5. The first-order valence-electron chi connectivity index (χ1n) is 4.41. The zero-order valence-corrected chi connectivity index (χ0v) is 8.24. The van der Waals surface area contributed by atoms with Gasteiger partial charge in [0.15, 0.2) is 12.4 Å². The fourth-order valence-corrected chi connectivity index (χ4v) is 1.55. The van der Waals surface area contributed by atoms with Crippen LogP contribution in [0.2, 0.25) is 0 Å². The van der Waals surface area contributed by atoms with Crippen LogP contribution in [0.4, 0.5) is 0 Å². The Labute approximate surface area is 77.9 Å². The Hall–Kier alpha value is -1.06. The topological polar surface area (TPSA) is 47.9 Å². The summed E-state index contributed by atoms with van der Waals surface area (Å²) >= 11 is 0. The number of hydrogen-bond acceptors (Lipinski definition) is 4. The predicted molar refractivity (Wildman–Crippen MR) is 48.7 cm³/mol. The van der Waals surface area contributed by atoms with Crippen molar-refractivity contribution in [3.63, 3.8) is 0 Å². The van der Waals surface area contributed by atoms with Crippen LogP contribution in [0.1, 0.15) is 26.7 Å². The molecule has 0 saturated carbocycles. The molecule has 0 aromatic rings. The standard InChI is InChI=1S/C9H15NO3/c1-4-5-9(2)7(8(11)12-3)10-6-13-9/h6-7H,4-5H2,1-3H3/t7-,9-/m1/s1. The Morgan fingerprint density at radius 1 is 1.77 bits per heavy atom. The second kappa shape index (κ2) is 3.77. The molecule has 0 radical (unpaired) electrons. The predicted octanol–water partition coefficient (Wildman–Crippen LogP) is 1.15. The molecule has 0 fully saturated rings. The largest absolute Gasteiger partial charge is 0.475 e. The first-order valence-corrected chi connectivity index (χ1v) is 4.41. The van der Waals surface area contributed by atoms with Gasteiger partial charge in [0.2, 0.25) is 0 Å². The number of carbonyl (C=O) groups is 1. The van der Waals surface area contributed by atoms with Gasteiger partial charge in [-0.1, -0.05) is 13.3 Å². The Balaban J connectivity index is 2.71. The average molecular weight is 185 g/mol. The summed E-state index contributed by atoms with van der Waals surface area (Å²) in [5.74, 6) is -0.329. The molecule has 0 aliphatic carbocycles. The summed E-state index contributed by atoms with van der Waals surface area (Å²) in [6.45, 7) is 3.92.